The van der Waals surface area contributed by atoms with E-state index in [2.05, 4.69) is 4.98 Å². The molecule has 0 unspecified atom stereocenters. The monoisotopic (exact) mass is 231 g/mol. The molecular formula is C8H13N3O3S. The summed E-state index contributed by atoms with van der Waals surface area (Å²) >= 11 is 0. The SMILES string of the molecule is CN(C)S(=O)(=O)n1cnc(C=CCO)c1. The van der Waals surface area contributed by atoms with Crippen LogP contribution in [0.4, 0.5) is 0 Å². The van der Waals surface area contributed by atoms with Crippen molar-refractivity contribution in [3.8, 4) is 0 Å². The molecule has 0 aliphatic rings. The minimum atomic E-state index is -3.49. The molecule has 6 nitrogen and oxygen atoms in total. The van der Waals surface area contributed by atoms with Gasteiger partial charge in [-0.1, -0.05) is 6.08 Å². The highest BCUT2D eigenvalue weighted by atomic mass is 32.2. The number of nitrogens with zero attached hydrogens (tertiary/aromatic N) is 3. The van der Waals surface area contributed by atoms with Crippen molar-refractivity contribution in [1.82, 2.24) is 13.3 Å². The van der Waals surface area contributed by atoms with E-state index < -0.39 is 10.2 Å². The van der Waals surface area contributed by atoms with Gasteiger partial charge in [-0.25, -0.2) is 8.96 Å². The fourth-order valence-electron chi connectivity index (χ4n) is 0.895. The Kier molecular flexibility index (Phi) is 3.61. The molecule has 7 heteroatoms. The molecule has 0 amide bonds. The molecule has 0 fully saturated rings. The maximum atomic E-state index is 11.6. The lowest BCUT2D eigenvalue weighted by Gasteiger charge is -2.10. The normalized spacial score (nSPS) is 12.8. The van der Waals surface area contributed by atoms with E-state index in [0.29, 0.717) is 5.69 Å². The lowest BCUT2D eigenvalue weighted by atomic mass is 10.4. The van der Waals surface area contributed by atoms with E-state index in [4.69, 9.17) is 5.11 Å². The van der Waals surface area contributed by atoms with Crippen molar-refractivity contribution in [3.63, 3.8) is 0 Å². The maximum absolute atomic E-state index is 11.6. The van der Waals surface area contributed by atoms with Crippen LogP contribution in [0.5, 0.6) is 0 Å². The Bertz CT molecular complexity index is 447. The van der Waals surface area contributed by atoms with Crippen LogP contribution in [0.3, 0.4) is 0 Å². The summed E-state index contributed by atoms with van der Waals surface area (Å²) in [6, 6.07) is 0. The zero-order chi connectivity index (χ0) is 11.5. The van der Waals surface area contributed by atoms with Crippen molar-refractivity contribution in [2.45, 2.75) is 0 Å². The Balaban J connectivity index is 2.99. The number of aliphatic hydroxyl groups is 1. The van der Waals surface area contributed by atoms with Crippen LogP contribution in [0.25, 0.3) is 6.08 Å². The van der Waals surface area contributed by atoms with Gasteiger partial charge in [-0.05, 0) is 6.08 Å². The Morgan fingerprint density at radius 1 is 1.60 bits per heavy atom. The molecule has 0 aliphatic carbocycles. The molecule has 0 radical (unpaired) electrons. The van der Waals surface area contributed by atoms with Crippen molar-refractivity contribution >= 4 is 16.3 Å². The summed E-state index contributed by atoms with van der Waals surface area (Å²) in [4.78, 5) is 3.86. The highest BCUT2D eigenvalue weighted by Gasteiger charge is 2.15. The van der Waals surface area contributed by atoms with Gasteiger partial charge < -0.3 is 5.11 Å². The number of aliphatic hydroxyl groups excluding tert-OH is 1. The fourth-order valence-corrected chi connectivity index (χ4v) is 1.68. The number of aromatic nitrogens is 2. The summed E-state index contributed by atoms with van der Waals surface area (Å²) in [7, 11) is -0.604. The van der Waals surface area contributed by atoms with Gasteiger partial charge in [0.15, 0.2) is 0 Å². The van der Waals surface area contributed by atoms with Crippen molar-refractivity contribution in [1.29, 1.82) is 0 Å². The molecule has 0 atom stereocenters. The maximum Gasteiger partial charge on any atom is 0.308 e. The summed E-state index contributed by atoms with van der Waals surface area (Å²) < 4.78 is 25.3. The van der Waals surface area contributed by atoms with Crippen LogP contribution in [0, 0.1) is 0 Å². The zero-order valence-corrected chi connectivity index (χ0v) is 9.35. The fraction of sp³-hybridized carbons (Fsp3) is 0.375. The Morgan fingerprint density at radius 3 is 2.80 bits per heavy atom. The molecule has 1 aromatic rings. The minimum absolute atomic E-state index is 0.104. The summed E-state index contributed by atoms with van der Waals surface area (Å²) in [5.41, 5.74) is 0.481. The van der Waals surface area contributed by atoms with Gasteiger partial charge >= 0.3 is 10.2 Å². The van der Waals surface area contributed by atoms with E-state index in [1.807, 2.05) is 0 Å². The largest absolute Gasteiger partial charge is 0.392 e. The minimum Gasteiger partial charge on any atom is -0.392 e. The molecule has 0 saturated carbocycles. The third-order valence-corrected chi connectivity index (χ3v) is 3.36. The molecule has 0 bridgehead atoms. The zero-order valence-electron chi connectivity index (χ0n) is 8.53. The summed E-state index contributed by atoms with van der Waals surface area (Å²) in [5, 5.41) is 8.53. The molecular weight excluding hydrogens is 218 g/mol. The second-order valence-electron chi connectivity index (χ2n) is 3.00. The first kappa shape index (κ1) is 11.9. The van der Waals surface area contributed by atoms with Crippen molar-refractivity contribution < 1.29 is 13.5 Å². The molecule has 0 aliphatic heterocycles. The lowest BCUT2D eigenvalue weighted by Crippen LogP contribution is -2.27. The molecule has 15 heavy (non-hydrogen) atoms. The van der Waals surface area contributed by atoms with Crippen LogP contribution >= 0.6 is 0 Å². The van der Waals surface area contributed by atoms with Gasteiger partial charge in [0.2, 0.25) is 0 Å². The van der Waals surface area contributed by atoms with E-state index in [0.717, 1.165) is 8.28 Å². The van der Waals surface area contributed by atoms with Gasteiger partial charge in [-0.2, -0.15) is 12.7 Å². The van der Waals surface area contributed by atoms with Crippen LogP contribution < -0.4 is 0 Å². The molecule has 1 heterocycles. The van der Waals surface area contributed by atoms with Crippen LogP contribution in [-0.4, -0.2) is 47.5 Å². The first-order chi connectivity index (χ1) is 6.98. The van der Waals surface area contributed by atoms with E-state index in [9.17, 15) is 8.42 Å². The molecule has 1 aromatic heterocycles. The van der Waals surface area contributed by atoms with Crippen molar-refractivity contribution in [3.05, 3.63) is 24.3 Å². The summed E-state index contributed by atoms with van der Waals surface area (Å²) in [5.74, 6) is 0. The smallest absolute Gasteiger partial charge is 0.308 e. The predicted octanol–water partition coefficient (Wildman–Crippen LogP) is -0.457. The first-order valence-corrected chi connectivity index (χ1v) is 5.62. The number of imidazole rings is 1. The second kappa shape index (κ2) is 4.56. The van der Waals surface area contributed by atoms with Gasteiger partial charge in [0.1, 0.15) is 6.33 Å². The predicted molar refractivity (Wildman–Crippen MR) is 56.4 cm³/mol. The third kappa shape index (κ3) is 2.65. The molecule has 1 rings (SSSR count). The average Bonchev–Trinajstić information content (AvgIpc) is 2.63. The lowest BCUT2D eigenvalue weighted by molar-refractivity contribution is 0.343. The van der Waals surface area contributed by atoms with E-state index in [1.54, 1.807) is 6.08 Å². The number of hydrogen-bond donors (Lipinski definition) is 1. The van der Waals surface area contributed by atoms with Gasteiger partial charge in [-0.3, -0.25) is 0 Å². The van der Waals surface area contributed by atoms with Crippen molar-refractivity contribution in [2.75, 3.05) is 20.7 Å². The van der Waals surface area contributed by atoms with Gasteiger partial charge in [-0.15, -0.1) is 0 Å². The number of rotatable bonds is 4. The molecule has 0 spiro atoms. The highest BCUT2D eigenvalue weighted by molar-refractivity contribution is 7.87. The van der Waals surface area contributed by atoms with Crippen LogP contribution in [0.1, 0.15) is 5.69 Å². The average molecular weight is 231 g/mol. The topological polar surface area (TPSA) is 75.4 Å². The van der Waals surface area contributed by atoms with Crippen molar-refractivity contribution in [2.24, 2.45) is 0 Å². The molecule has 1 N–H and O–H groups in total. The molecule has 84 valence electrons. The Hall–Kier alpha value is -1.18. The van der Waals surface area contributed by atoms with Gasteiger partial charge in [0.05, 0.1) is 12.3 Å². The summed E-state index contributed by atoms with van der Waals surface area (Å²) in [6.45, 7) is -0.104. The first-order valence-electron chi connectivity index (χ1n) is 4.23. The Labute approximate surface area is 88.7 Å². The second-order valence-corrected chi connectivity index (χ2v) is 5.05. The van der Waals surface area contributed by atoms with Crippen LogP contribution in [-0.2, 0) is 10.2 Å². The standard InChI is InChI=1S/C8H13N3O3S/c1-10(2)15(13,14)11-6-8(9-7-11)4-3-5-12/h3-4,6-7,12H,5H2,1-2H3. The highest BCUT2D eigenvalue weighted by Crippen LogP contribution is 2.04. The van der Waals surface area contributed by atoms with E-state index in [1.165, 1.54) is 32.7 Å². The third-order valence-electron chi connectivity index (χ3n) is 1.70. The molecule has 0 saturated heterocycles. The summed E-state index contributed by atoms with van der Waals surface area (Å²) in [6.07, 6.45) is 5.62. The Morgan fingerprint density at radius 2 is 2.27 bits per heavy atom. The van der Waals surface area contributed by atoms with Crippen LogP contribution in [0.15, 0.2) is 18.6 Å². The van der Waals surface area contributed by atoms with Gasteiger partial charge in [0, 0.05) is 20.3 Å². The van der Waals surface area contributed by atoms with Crippen LogP contribution in [0.2, 0.25) is 0 Å². The van der Waals surface area contributed by atoms with E-state index in [-0.39, 0.29) is 6.61 Å². The number of hydrogen-bond acceptors (Lipinski definition) is 4. The van der Waals surface area contributed by atoms with Gasteiger partial charge in [0.25, 0.3) is 0 Å². The quantitative estimate of drug-likeness (QED) is 0.761. The van der Waals surface area contributed by atoms with E-state index >= 15 is 0 Å². The molecule has 0 aromatic carbocycles.